The van der Waals surface area contributed by atoms with Crippen LogP contribution in [-0.2, 0) is 16.6 Å². The van der Waals surface area contributed by atoms with Crippen molar-refractivity contribution in [1.82, 2.24) is 14.4 Å². The highest BCUT2D eigenvalue weighted by molar-refractivity contribution is 8.15. The van der Waals surface area contributed by atoms with Crippen molar-refractivity contribution in [2.45, 2.75) is 18.6 Å². The van der Waals surface area contributed by atoms with Crippen molar-refractivity contribution in [3.05, 3.63) is 70.1 Å². The molecule has 1 atom stereocenters. The van der Waals surface area contributed by atoms with Crippen LogP contribution in [0.15, 0.2) is 63.4 Å². The first kappa shape index (κ1) is 25.8. The first-order valence-corrected chi connectivity index (χ1v) is 12.0. The molecule has 1 saturated heterocycles. The van der Waals surface area contributed by atoms with E-state index in [2.05, 4.69) is 10.1 Å². The van der Waals surface area contributed by atoms with E-state index in [-0.39, 0.29) is 16.4 Å². The highest BCUT2D eigenvalue weighted by Gasteiger charge is 2.40. The van der Waals surface area contributed by atoms with Gasteiger partial charge in [-0.15, -0.1) is 0 Å². The lowest BCUT2D eigenvalue weighted by molar-refractivity contribution is -0.139. The zero-order valence-electron chi connectivity index (χ0n) is 20.6. The molecule has 4 rings (SSSR count). The Bertz CT molecular complexity index is 1460. The fourth-order valence-corrected chi connectivity index (χ4v) is 4.82. The number of para-hydroxylation sites is 1. The number of carbonyl (C=O) groups is 2. The molecule has 12 heteroatoms. The van der Waals surface area contributed by atoms with Gasteiger partial charge in [0.05, 0.1) is 38.2 Å². The average molecular weight is 524 g/mol. The molecule has 1 aliphatic rings. The first-order chi connectivity index (χ1) is 17.7. The second-order valence-electron chi connectivity index (χ2n) is 8.02. The molecule has 0 bridgehead atoms. The molecular formula is C25H25N5O6S. The molecule has 2 heterocycles. The first-order valence-electron chi connectivity index (χ1n) is 11.2. The minimum atomic E-state index is -1.13. The number of aliphatic imine (C=N–C) groups is 1. The topological polar surface area (TPSA) is 128 Å². The quantitative estimate of drug-likeness (QED) is 0.450. The summed E-state index contributed by atoms with van der Waals surface area (Å²) in [5.74, 6) is -0.656. The smallest absolute Gasteiger partial charge is 0.305 e. The third-order valence-corrected chi connectivity index (χ3v) is 6.86. The molecule has 37 heavy (non-hydrogen) atoms. The number of amidine groups is 1. The normalized spacial score (nSPS) is 16.6. The molecule has 0 aliphatic carbocycles. The number of carboxylic acids is 1. The maximum Gasteiger partial charge on any atom is 0.305 e. The number of nitrogens with zero attached hydrogens (tertiary/aromatic N) is 5. The molecule has 1 aliphatic heterocycles. The monoisotopic (exact) mass is 523 g/mol. The summed E-state index contributed by atoms with van der Waals surface area (Å²) in [6.07, 6.45) is 1.02. The van der Waals surface area contributed by atoms with Crippen LogP contribution < -0.4 is 15.0 Å². The number of thioether (sulfide) groups is 1. The number of aliphatic carboxylic acids is 1. The van der Waals surface area contributed by atoms with E-state index in [1.807, 2.05) is 18.2 Å². The van der Waals surface area contributed by atoms with Crippen LogP contribution in [-0.4, -0.2) is 62.2 Å². The van der Waals surface area contributed by atoms with Gasteiger partial charge in [-0.05, 0) is 42.8 Å². The van der Waals surface area contributed by atoms with Gasteiger partial charge in [0.1, 0.15) is 5.25 Å². The number of carbonyl (C=O) groups excluding carboxylic acids is 1. The van der Waals surface area contributed by atoms with E-state index < -0.39 is 23.5 Å². The van der Waals surface area contributed by atoms with Gasteiger partial charge in [-0.2, -0.15) is 10.1 Å². The summed E-state index contributed by atoms with van der Waals surface area (Å²) >= 11 is 0.957. The van der Waals surface area contributed by atoms with Crippen molar-refractivity contribution in [1.29, 1.82) is 0 Å². The van der Waals surface area contributed by atoms with Crippen LogP contribution in [0.1, 0.15) is 17.7 Å². The number of hydrazone groups is 1. The summed E-state index contributed by atoms with van der Waals surface area (Å²) in [5.41, 5.74) is 1.59. The van der Waals surface area contributed by atoms with Crippen LogP contribution in [0, 0.1) is 6.92 Å². The molecule has 0 saturated carbocycles. The van der Waals surface area contributed by atoms with E-state index >= 15 is 0 Å². The molecule has 1 aromatic heterocycles. The summed E-state index contributed by atoms with van der Waals surface area (Å²) in [6, 6.07) is 14.2. The minimum Gasteiger partial charge on any atom is -0.493 e. The van der Waals surface area contributed by atoms with Crippen molar-refractivity contribution in [3.63, 3.8) is 0 Å². The molecular weight excluding hydrogens is 498 g/mol. The van der Waals surface area contributed by atoms with Gasteiger partial charge >= 0.3 is 5.97 Å². The molecule has 0 spiro atoms. The summed E-state index contributed by atoms with van der Waals surface area (Å²) in [7, 11) is 4.76. The minimum absolute atomic E-state index is 0.110. The van der Waals surface area contributed by atoms with Crippen LogP contribution in [0.25, 0.3) is 5.69 Å². The van der Waals surface area contributed by atoms with Crippen LogP contribution in [0.5, 0.6) is 11.5 Å². The Kier molecular flexibility index (Phi) is 7.48. The summed E-state index contributed by atoms with van der Waals surface area (Å²) in [5, 5.41) is 13.8. The second kappa shape index (κ2) is 10.7. The van der Waals surface area contributed by atoms with Gasteiger partial charge in [-0.25, -0.2) is 9.67 Å². The Labute approximate surface area is 216 Å². The maximum absolute atomic E-state index is 13.3. The molecule has 2 aromatic carbocycles. The Morgan fingerprint density at radius 1 is 1.11 bits per heavy atom. The number of hydrogen-bond acceptors (Lipinski definition) is 8. The number of ether oxygens (including phenoxy) is 2. The van der Waals surface area contributed by atoms with Crippen LogP contribution in [0.3, 0.4) is 0 Å². The van der Waals surface area contributed by atoms with Crippen molar-refractivity contribution < 1.29 is 24.2 Å². The van der Waals surface area contributed by atoms with E-state index in [0.717, 1.165) is 16.8 Å². The number of methoxy groups -OCH3 is 2. The van der Waals surface area contributed by atoms with E-state index in [1.54, 1.807) is 49.0 Å². The van der Waals surface area contributed by atoms with Gasteiger partial charge in [-0.3, -0.25) is 19.1 Å². The van der Waals surface area contributed by atoms with Crippen LogP contribution in [0.2, 0.25) is 0 Å². The van der Waals surface area contributed by atoms with Crippen LogP contribution >= 0.6 is 11.8 Å². The van der Waals surface area contributed by atoms with Gasteiger partial charge in [0.2, 0.25) is 0 Å². The molecule has 11 nitrogen and oxygen atoms in total. The highest BCUT2D eigenvalue weighted by atomic mass is 32.2. The van der Waals surface area contributed by atoms with Gasteiger partial charge in [-0.1, -0.05) is 30.0 Å². The fraction of sp³-hybridized carbons (Fsp3) is 0.240. The second-order valence-corrected chi connectivity index (χ2v) is 9.19. The van der Waals surface area contributed by atoms with E-state index in [0.29, 0.717) is 28.4 Å². The molecule has 3 aromatic rings. The fourth-order valence-electron chi connectivity index (χ4n) is 3.76. The lowest BCUT2D eigenvalue weighted by Crippen LogP contribution is -2.28. The number of hydrogen-bond donors (Lipinski definition) is 1. The zero-order valence-corrected chi connectivity index (χ0v) is 21.4. The third kappa shape index (κ3) is 5.14. The predicted octanol–water partition coefficient (Wildman–Crippen LogP) is 2.94. The Morgan fingerprint density at radius 3 is 2.46 bits per heavy atom. The number of carboxylic acid groups (broad SMARTS) is 1. The number of aromatic nitrogens is 2. The van der Waals surface area contributed by atoms with Gasteiger partial charge in [0.15, 0.2) is 22.4 Å². The largest absolute Gasteiger partial charge is 0.493 e. The maximum atomic E-state index is 13.3. The molecule has 1 N–H and O–H groups in total. The zero-order chi connectivity index (χ0) is 26.7. The van der Waals surface area contributed by atoms with Crippen molar-refractivity contribution in [2.75, 3.05) is 14.2 Å². The number of rotatable bonds is 8. The Hall–Kier alpha value is -4.32. The summed E-state index contributed by atoms with van der Waals surface area (Å²) in [6.45, 7) is 1.74. The molecule has 0 radical (unpaired) electrons. The van der Waals surface area contributed by atoms with Crippen LogP contribution in [0.4, 0.5) is 5.69 Å². The third-order valence-electron chi connectivity index (χ3n) is 5.73. The Balaban J connectivity index is 1.76. The lowest BCUT2D eigenvalue weighted by Gasteiger charge is -2.10. The Morgan fingerprint density at radius 2 is 1.81 bits per heavy atom. The number of amides is 1. The summed E-state index contributed by atoms with van der Waals surface area (Å²) < 4.78 is 13.7. The van der Waals surface area contributed by atoms with E-state index in [1.165, 1.54) is 25.1 Å². The predicted molar refractivity (Wildman–Crippen MR) is 140 cm³/mol. The average Bonchev–Trinajstić information content (AvgIpc) is 3.29. The van der Waals surface area contributed by atoms with Gasteiger partial charge in [0.25, 0.3) is 11.5 Å². The van der Waals surface area contributed by atoms with E-state index in [4.69, 9.17) is 9.47 Å². The molecule has 1 amide bonds. The molecule has 192 valence electrons. The lowest BCUT2D eigenvalue weighted by atomic mass is 10.2. The van der Waals surface area contributed by atoms with Crippen molar-refractivity contribution in [3.8, 4) is 17.2 Å². The molecule has 1 fully saturated rings. The van der Waals surface area contributed by atoms with Gasteiger partial charge < -0.3 is 14.6 Å². The van der Waals surface area contributed by atoms with Gasteiger partial charge in [0, 0.05) is 7.05 Å². The summed E-state index contributed by atoms with van der Waals surface area (Å²) in [4.78, 5) is 42.2. The van der Waals surface area contributed by atoms with Crippen molar-refractivity contribution >= 4 is 40.7 Å². The van der Waals surface area contributed by atoms with Crippen molar-refractivity contribution in [2.24, 2.45) is 17.1 Å². The highest BCUT2D eigenvalue weighted by Crippen LogP contribution is 2.32. The standard InChI is InChI=1S/C25H25N5O6S/c1-15-22(24(34)30(28(15)2)17-8-6-5-7-9-17)27-25-29(23(33)20(37-25)13-21(31)32)26-14-16-10-11-18(35-3)19(12-16)36-4/h5-12,14,20H,13H2,1-4H3,(H,31,32)/b26-14+,27-25?. The molecule has 1 unspecified atom stereocenters. The SMILES string of the molecule is COc1ccc(/C=N/N2C(=O)C(CC(=O)O)SC2=Nc2c(C)n(C)n(-c3ccccc3)c2=O)cc1OC. The number of benzene rings is 2. The van der Waals surface area contributed by atoms with E-state index in [9.17, 15) is 19.5 Å².